The highest BCUT2D eigenvalue weighted by Crippen LogP contribution is 2.14. The molecule has 0 radical (unpaired) electrons. The largest absolute Gasteiger partial charge is 0.481 e. The molecule has 2 amide bonds. The van der Waals surface area contributed by atoms with Crippen molar-refractivity contribution in [2.24, 2.45) is 0 Å². The van der Waals surface area contributed by atoms with E-state index in [2.05, 4.69) is 10.6 Å². The Hall–Kier alpha value is -2.61. The summed E-state index contributed by atoms with van der Waals surface area (Å²) < 4.78 is 21.7. The molecule has 0 saturated heterocycles. The van der Waals surface area contributed by atoms with Crippen LogP contribution in [0.2, 0.25) is 0 Å². The highest BCUT2D eigenvalue weighted by Gasteiger charge is 2.20. The molecule has 50 heavy (non-hydrogen) atoms. The van der Waals surface area contributed by atoms with Crippen LogP contribution in [0.15, 0.2) is 0 Å². The molecule has 13 heteroatoms. The van der Waals surface area contributed by atoms with Gasteiger partial charge in [0.15, 0.2) is 0 Å². The Morgan fingerprint density at radius 3 is 1.30 bits per heavy atom. The minimum Gasteiger partial charge on any atom is -0.481 e. The minimum atomic E-state index is -1.17. The first kappa shape index (κ1) is 47.4. The summed E-state index contributed by atoms with van der Waals surface area (Å²) in [6.45, 7) is 4.70. The zero-order valence-electron chi connectivity index (χ0n) is 30.9. The monoisotopic (exact) mass is 716 g/mol. The summed E-state index contributed by atoms with van der Waals surface area (Å²) in [5, 5.41) is 23.1. The third-order valence-corrected chi connectivity index (χ3v) is 8.12. The van der Waals surface area contributed by atoms with Gasteiger partial charge >= 0.3 is 11.9 Å². The number of nitrogens with one attached hydrogen (secondary N) is 2. The van der Waals surface area contributed by atoms with Crippen molar-refractivity contribution in [2.45, 2.75) is 148 Å². The van der Waals surface area contributed by atoms with Crippen LogP contribution < -0.4 is 10.6 Å². The number of amides is 2. The maximum Gasteiger partial charge on any atom is 0.326 e. The van der Waals surface area contributed by atoms with Crippen molar-refractivity contribution in [1.82, 2.24) is 10.6 Å². The van der Waals surface area contributed by atoms with Crippen molar-refractivity contribution in [3.63, 3.8) is 0 Å². The molecule has 0 heterocycles. The van der Waals surface area contributed by atoms with Gasteiger partial charge in [0, 0.05) is 32.2 Å². The van der Waals surface area contributed by atoms with Gasteiger partial charge in [0.1, 0.15) is 11.8 Å². The second-order valence-corrected chi connectivity index (χ2v) is 12.8. The van der Waals surface area contributed by atoms with Crippen LogP contribution in [0.3, 0.4) is 0 Å². The number of Topliss-reactive ketones (excluding diaryl/α,β-unsaturated/α-hetero) is 1. The molecule has 292 valence electrons. The van der Waals surface area contributed by atoms with E-state index < -0.39 is 23.9 Å². The number of aliphatic carboxylic acids is 2. The van der Waals surface area contributed by atoms with Crippen LogP contribution in [-0.4, -0.2) is 105 Å². The number of carbonyl (C=O) groups is 5. The first-order valence-electron chi connectivity index (χ1n) is 19.0. The third kappa shape index (κ3) is 36.7. The van der Waals surface area contributed by atoms with E-state index in [1.165, 1.54) is 77.6 Å². The average Bonchev–Trinajstić information content (AvgIpc) is 3.07. The first-order valence-corrected chi connectivity index (χ1v) is 19.0. The van der Waals surface area contributed by atoms with Gasteiger partial charge in [-0.15, -0.1) is 0 Å². The summed E-state index contributed by atoms with van der Waals surface area (Å²) in [6, 6.07) is -1.09. The van der Waals surface area contributed by atoms with E-state index in [4.69, 9.17) is 29.2 Å². The molecule has 0 spiro atoms. The predicted octanol–water partition coefficient (Wildman–Crippen LogP) is 5.60. The number of carboxylic acids is 2. The van der Waals surface area contributed by atoms with E-state index in [1.54, 1.807) is 0 Å². The molecule has 0 fully saturated rings. The zero-order chi connectivity index (χ0) is 36.9. The van der Waals surface area contributed by atoms with Gasteiger partial charge in [-0.1, -0.05) is 89.9 Å². The second-order valence-electron chi connectivity index (χ2n) is 12.8. The number of carboxylic acid groups (broad SMARTS) is 2. The zero-order valence-corrected chi connectivity index (χ0v) is 30.9. The van der Waals surface area contributed by atoms with Gasteiger partial charge < -0.3 is 44.6 Å². The summed E-state index contributed by atoms with van der Waals surface area (Å²) in [5.41, 5.74) is 0. The van der Waals surface area contributed by atoms with E-state index in [9.17, 15) is 24.0 Å². The van der Waals surface area contributed by atoms with Crippen molar-refractivity contribution in [3.8, 4) is 0 Å². The molecule has 0 aliphatic heterocycles. The van der Waals surface area contributed by atoms with Crippen LogP contribution in [-0.2, 0) is 42.9 Å². The molecule has 0 unspecified atom stereocenters. The number of unbranched alkanes of at least 4 members (excludes halogenated alkanes) is 15. The summed E-state index contributed by atoms with van der Waals surface area (Å²) in [4.78, 5) is 56.6. The van der Waals surface area contributed by atoms with E-state index >= 15 is 0 Å². The SMILES string of the molecule is CC(=O)CC[C@H](NC(=O)CCOCCOCCOCCOCCNC(=O)CCCCCCCCCCCCCCCCCCC(=O)O)C(=O)O. The summed E-state index contributed by atoms with van der Waals surface area (Å²) in [5.74, 6) is -2.36. The van der Waals surface area contributed by atoms with Crippen LogP contribution in [0.4, 0.5) is 0 Å². The van der Waals surface area contributed by atoms with Gasteiger partial charge in [-0.25, -0.2) is 4.79 Å². The first-order chi connectivity index (χ1) is 24.2. The lowest BCUT2D eigenvalue weighted by molar-refractivity contribution is -0.142. The number of carbonyl (C=O) groups excluding carboxylic acids is 3. The molecule has 0 rings (SSSR count). The topological polar surface area (TPSA) is 187 Å². The van der Waals surface area contributed by atoms with Crippen LogP contribution >= 0.6 is 0 Å². The van der Waals surface area contributed by atoms with E-state index in [0.717, 1.165) is 32.1 Å². The minimum absolute atomic E-state index is 0.0166. The molecule has 13 nitrogen and oxygen atoms in total. The van der Waals surface area contributed by atoms with Gasteiger partial charge in [-0.2, -0.15) is 0 Å². The lowest BCUT2D eigenvalue weighted by Crippen LogP contribution is -2.41. The maximum atomic E-state index is 12.0. The fourth-order valence-electron chi connectivity index (χ4n) is 5.19. The molecule has 1 atom stereocenters. The van der Waals surface area contributed by atoms with Crippen LogP contribution in [0, 0.1) is 0 Å². The number of ether oxygens (including phenoxy) is 4. The standard InChI is InChI=1S/C37H68N2O11/c1-32(40)20-21-33(37(45)46)39-35(42)22-24-47-26-28-49-30-31-50-29-27-48-25-23-38-34(41)18-16-14-12-10-8-6-4-2-3-5-7-9-11-13-15-17-19-36(43)44/h33H,2-31H2,1H3,(H,38,41)(H,39,42)(H,43,44)(H,45,46)/t33-/m0/s1. The Morgan fingerprint density at radius 2 is 0.880 bits per heavy atom. The fourth-order valence-corrected chi connectivity index (χ4v) is 5.19. The Morgan fingerprint density at radius 1 is 0.480 bits per heavy atom. The molecular weight excluding hydrogens is 648 g/mol. The van der Waals surface area contributed by atoms with Gasteiger partial charge in [-0.3, -0.25) is 14.4 Å². The second kappa shape index (κ2) is 36.2. The highest BCUT2D eigenvalue weighted by atomic mass is 16.6. The molecule has 0 aliphatic rings. The van der Waals surface area contributed by atoms with Crippen molar-refractivity contribution in [3.05, 3.63) is 0 Å². The quantitative estimate of drug-likeness (QED) is 0.0580. The molecule has 4 N–H and O–H groups in total. The van der Waals surface area contributed by atoms with Gasteiger partial charge in [0.05, 0.1) is 52.9 Å². The van der Waals surface area contributed by atoms with Crippen molar-refractivity contribution in [1.29, 1.82) is 0 Å². The van der Waals surface area contributed by atoms with Crippen molar-refractivity contribution in [2.75, 3.05) is 59.4 Å². The molecule has 0 aromatic heterocycles. The van der Waals surface area contributed by atoms with E-state index in [-0.39, 0.29) is 37.6 Å². The molecule has 0 saturated carbocycles. The van der Waals surface area contributed by atoms with Crippen molar-refractivity contribution >= 4 is 29.5 Å². The fraction of sp³-hybridized carbons (Fsp3) is 0.865. The lowest BCUT2D eigenvalue weighted by Gasteiger charge is -2.13. The molecule has 0 aromatic rings. The maximum absolute atomic E-state index is 12.0. The Bertz CT molecular complexity index is 872. The number of ketones is 1. The number of hydrogen-bond acceptors (Lipinski definition) is 9. The third-order valence-electron chi connectivity index (χ3n) is 8.12. The highest BCUT2D eigenvalue weighted by molar-refractivity contribution is 5.84. The molecule has 0 bridgehead atoms. The van der Waals surface area contributed by atoms with Gasteiger partial charge in [0.2, 0.25) is 11.8 Å². The summed E-state index contributed by atoms with van der Waals surface area (Å²) >= 11 is 0. The Labute approximate surface area is 300 Å². The molecule has 0 aromatic carbocycles. The van der Waals surface area contributed by atoms with Crippen LogP contribution in [0.1, 0.15) is 142 Å². The molecular formula is C37H68N2O11. The van der Waals surface area contributed by atoms with E-state index in [1.807, 2.05) is 0 Å². The lowest BCUT2D eigenvalue weighted by atomic mass is 10.0. The number of hydrogen-bond donors (Lipinski definition) is 4. The average molecular weight is 717 g/mol. The van der Waals surface area contributed by atoms with Crippen LogP contribution in [0.25, 0.3) is 0 Å². The summed E-state index contributed by atoms with van der Waals surface area (Å²) in [7, 11) is 0. The molecule has 0 aliphatic carbocycles. The Kier molecular flexibility index (Phi) is 34.3. The normalized spacial score (nSPS) is 11.7. The summed E-state index contributed by atoms with van der Waals surface area (Å²) in [6.07, 6.45) is 20.1. The smallest absolute Gasteiger partial charge is 0.326 e. The van der Waals surface area contributed by atoms with Gasteiger partial charge in [-0.05, 0) is 26.2 Å². The van der Waals surface area contributed by atoms with E-state index in [0.29, 0.717) is 65.6 Å². The Balaban J connectivity index is 3.32. The van der Waals surface area contributed by atoms with Gasteiger partial charge in [0.25, 0.3) is 0 Å². The predicted molar refractivity (Wildman–Crippen MR) is 191 cm³/mol. The van der Waals surface area contributed by atoms with Crippen molar-refractivity contribution < 1.29 is 53.1 Å². The number of rotatable bonds is 39. The van der Waals surface area contributed by atoms with Crippen LogP contribution in [0.5, 0.6) is 0 Å².